The van der Waals surface area contributed by atoms with E-state index in [0.717, 1.165) is 23.7 Å². The van der Waals surface area contributed by atoms with Crippen LogP contribution in [-0.2, 0) is 0 Å². The standard InChI is InChI=1S/C21H22FNO3.C4H6.6H2O/c22-14-3-1-13(2-4-14)17-9-15-5-7-19(23-15)18(17)11-24-16-6-8-20-21(10-16)26-12-25-20;1-3-4-2;;;;;;/h1-4,6,8,10,15,17-19,23H,5,7,9,11-12H2;1-2H3;6*1H2. The molecule has 0 radical (unpaired) electrons. The number of fused-ring (bicyclic) bond motifs is 3. The van der Waals surface area contributed by atoms with Gasteiger partial charge < -0.3 is 52.4 Å². The van der Waals surface area contributed by atoms with Gasteiger partial charge in [-0.15, -0.1) is 11.8 Å². The maximum Gasteiger partial charge on any atom is 0.231 e. The molecule has 0 aliphatic carbocycles. The third-order valence-corrected chi connectivity index (χ3v) is 6.18. The predicted molar refractivity (Wildman–Crippen MR) is 136 cm³/mol. The van der Waals surface area contributed by atoms with Gasteiger partial charge in [-0.05, 0) is 68.9 Å². The van der Waals surface area contributed by atoms with E-state index in [1.165, 1.54) is 18.4 Å². The summed E-state index contributed by atoms with van der Waals surface area (Å²) in [4.78, 5) is 0. The molecule has 2 fully saturated rings. The Hall–Kier alpha value is -2.95. The van der Waals surface area contributed by atoms with Gasteiger partial charge in [0.15, 0.2) is 11.5 Å². The van der Waals surface area contributed by atoms with Gasteiger partial charge in [-0.25, -0.2) is 4.39 Å². The van der Waals surface area contributed by atoms with Crippen LogP contribution >= 0.6 is 0 Å². The fourth-order valence-corrected chi connectivity index (χ4v) is 4.62. The van der Waals surface area contributed by atoms with E-state index in [2.05, 4.69) is 17.2 Å². The minimum atomic E-state index is -0.182. The van der Waals surface area contributed by atoms with E-state index >= 15 is 0 Å². The lowest BCUT2D eigenvalue weighted by Gasteiger charge is -2.38. The lowest BCUT2D eigenvalue weighted by Crippen LogP contribution is -2.46. The molecule has 2 saturated heterocycles. The zero-order valence-electron chi connectivity index (χ0n) is 20.5. The molecule has 11 heteroatoms. The largest absolute Gasteiger partial charge is 0.493 e. The molecule has 4 unspecified atom stereocenters. The first-order valence-electron chi connectivity index (χ1n) is 10.6. The van der Waals surface area contributed by atoms with Crippen LogP contribution in [0.2, 0.25) is 0 Å². The molecule has 0 aromatic heterocycles. The zero-order valence-corrected chi connectivity index (χ0v) is 20.5. The summed E-state index contributed by atoms with van der Waals surface area (Å²) in [6.45, 7) is 4.54. The highest BCUT2D eigenvalue weighted by Gasteiger charge is 2.42. The van der Waals surface area contributed by atoms with Crippen molar-refractivity contribution in [1.29, 1.82) is 0 Å². The fraction of sp³-hybridized carbons (Fsp3) is 0.440. The van der Waals surface area contributed by atoms with Crippen LogP contribution in [0.25, 0.3) is 0 Å². The molecule has 4 atom stereocenters. The predicted octanol–water partition coefficient (Wildman–Crippen LogP) is -0.0611. The third kappa shape index (κ3) is 8.61. The number of piperidine rings is 1. The first-order chi connectivity index (χ1) is 14.7. The quantitative estimate of drug-likeness (QED) is 0.549. The molecule has 206 valence electrons. The van der Waals surface area contributed by atoms with Crippen molar-refractivity contribution < 1.29 is 51.5 Å². The summed E-state index contributed by atoms with van der Waals surface area (Å²) < 4.78 is 30.3. The van der Waals surface area contributed by atoms with E-state index in [0.29, 0.717) is 30.5 Å². The second kappa shape index (κ2) is 17.5. The van der Waals surface area contributed by atoms with Crippen LogP contribution in [0.1, 0.15) is 44.6 Å². The Labute approximate surface area is 210 Å². The van der Waals surface area contributed by atoms with E-state index in [4.69, 9.17) is 14.2 Å². The Morgan fingerprint density at radius 2 is 1.53 bits per heavy atom. The lowest BCUT2D eigenvalue weighted by atomic mass is 9.77. The molecule has 2 aromatic rings. The van der Waals surface area contributed by atoms with Crippen molar-refractivity contribution in [2.45, 2.75) is 51.1 Å². The van der Waals surface area contributed by atoms with E-state index in [9.17, 15) is 4.39 Å². The maximum atomic E-state index is 13.3. The van der Waals surface area contributed by atoms with Crippen LogP contribution in [0, 0.1) is 23.6 Å². The van der Waals surface area contributed by atoms with E-state index < -0.39 is 0 Å². The van der Waals surface area contributed by atoms with Crippen molar-refractivity contribution in [3.8, 4) is 29.1 Å². The summed E-state index contributed by atoms with van der Waals surface area (Å²) >= 11 is 0. The molecule has 3 aliphatic rings. The van der Waals surface area contributed by atoms with E-state index in [1.54, 1.807) is 12.1 Å². The molecule has 13 N–H and O–H groups in total. The topological polar surface area (TPSA) is 229 Å². The van der Waals surface area contributed by atoms with Gasteiger partial charge in [0.25, 0.3) is 0 Å². The van der Waals surface area contributed by atoms with Crippen LogP contribution < -0.4 is 19.5 Å². The monoisotopic (exact) mass is 517 g/mol. The Bertz CT molecular complexity index is 927. The molecule has 5 rings (SSSR count). The number of ether oxygens (including phenoxy) is 3. The minimum Gasteiger partial charge on any atom is -0.493 e. The zero-order chi connectivity index (χ0) is 20.9. The van der Waals surface area contributed by atoms with Crippen molar-refractivity contribution in [3.05, 3.63) is 53.8 Å². The normalized spacial score (nSPS) is 21.3. The van der Waals surface area contributed by atoms with E-state index in [-0.39, 0.29) is 45.5 Å². The Morgan fingerprint density at radius 3 is 2.17 bits per heavy atom. The highest BCUT2D eigenvalue weighted by molar-refractivity contribution is 5.46. The van der Waals surface area contributed by atoms with Crippen LogP contribution in [-0.4, -0.2) is 58.3 Å². The summed E-state index contributed by atoms with van der Waals surface area (Å²) in [5, 5.41) is 3.73. The van der Waals surface area contributed by atoms with Crippen LogP contribution in [0.4, 0.5) is 4.39 Å². The Balaban J connectivity index is -0.00000102. The number of rotatable bonds is 4. The van der Waals surface area contributed by atoms with Crippen molar-refractivity contribution in [2.75, 3.05) is 13.4 Å². The van der Waals surface area contributed by atoms with Gasteiger partial charge >= 0.3 is 0 Å². The molecule has 2 bridgehead atoms. The number of hydrogen-bond donors (Lipinski definition) is 1. The lowest BCUT2D eigenvalue weighted by molar-refractivity contribution is 0.158. The van der Waals surface area contributed by atoms with Gasteiger partial charge in [0, 0.05) is 24.1 Å². The first-order valence-corrected chi connectivity index (χ1v) is 10.6. The molecule has 3 aliphatic heterocycles. The Kier molecular flexibility index (Phi) is 18.2. The number of nitrogens with one attached hydrogen (secondary N) is 1. The SMILES string of the molecule is CC#CC.Fc1ccc(C2CC3CCC(N3)C2COc2ccc3c(c2)OCO3)cc1.O.O.O.O.O.O. The molecule has 0 amide bonds. The van der Waals surface area contributed by atoms with Gasteiger partial charge in [0.2, 0.25) is 6.79 Å². The summed E-state index contributed by atoms with van der Waals surface area (Å²) in [7, 11) is 0. The molecule has 10 nitrogen and oxygen atoms in total. The fourth-order valence-electron chi connectivity index (χ4n) is 4.62. The first kappa shape index (κ1) is 37.6. The number of halogens is 1. The van der Waals surface area contributed by atoms with Gasteiger partial charge in [-0.2, -0.15) is 0 Å². The maximum absolute atomic E-state index is 13.3. The molecule has 0 spiro atoms. The average Bonchev–Trinajstić information content (AvgIpc) is 3.40. The summed E-state index contributed by atoms with van der Waals surface area (Å²) in [5.41, 5.74) is 1.21. The van der Waals surface area contributed by atoms with Crippen LogP contribution in [0.15, 0.2) is 42.5 Å². The number of hydrogen-bond acceptors (Lipinski definition) is 4. The summed E-state index contributed by atoms with van der Waals surface area (Å²) in [5.74, 6) is 8.24. The second-order valence-electron chi connectivity index (χ2n) is 7.93. The summed E-state index contributed by atoms with van der Waals surface area (Å²) in [6.07, 6.45) is 3.47. The van der Waals surface area contributed by atoms with Gasteiger partial charge in [-0.3, -0.25) is 0 Å². The van der Waals surface area contributed by atoms with Crippen molar-refractivity contribution in [3.63, 3.8) is 0 Å². The highest BCUT2D eigenvalue weighted by atomic mass is 19.1. The van der Waals surface area contributed by atoms with Crippen LogP contribution in [0.3, 0.4) is 0 Å². The Morgan fingerprint density at radius 1 is 0.889 bits per heavy atom. The van der Waals surface area contributed by atoms with Crippen molar-refractivity contribution in [1.82, 2.24) is 5.32 Å². The highest BCUT2D eigenvalue weighted by Crippen LogP contribution is 2.42. The molecule has 3 heterocycles. The molecule has 2 aromatic carbocycles. The second-order valence-corrected chi connectivity index (χ2v) is 7.93. The smallest absolute Gasteiger partial charge is 0.231 e. The number of benzene rings is 2. The molecular formula is C25H40FNO9. The van der Waals surface area contributed by atoms with Crippen molar-refractivity contribution in [2.24, 2.45) is 5.92 Å². The van der Waals surface area contributed by atoms with Gasteiger partial charge in [0.1, 0.15) is 11.6 Å². The van der Waals surface area contributed by atoms with Gasteiger partial charge in [0.05, 0.1) is 6.61 Å². The third-order valence-electron chi connectivity index (χ3n) is 6.18. The summed E-state index contributed by atoms with van der Waals surface area (Å²) in [6, 6.07) is 13.7. The molecule has 0 saturated carbocycles. The van der Waals surface area contributed by atoms with Crippen LogP contribution in [0.5, 0.6) is 17.2 Å². The van der Waals surface area contributed by atoms with Gasteiger partial charge in [-0.1, -0.05) is 12.1 Å². The average molecular weight is 518 g/mol. The van der Waals surface area contributed by atoms with Crippen molar-refractivity contribution >= 4 is 0 Å². The molecule has 36 heavy (non-hydrogen) atoms. The van der Waals surface area contributed by atoms with E-state index in [1.807, 2.05) is 44.2 Å². The minimum absolute atomic E-state index is 0. The molecular weight excluding hydrogens is 477 g/mol.